The zero-order chi connectivity index (χ0) is 21.1. The van der Waals surface area contributed by atoms with Crippen LogP contribution in [-0.4, -0.2) is 47.1 Å². The lowest BCUT2D eigenvalue weighted by Gasteiger charge is -2.35. The molecule has 1 fully saturated rings. The van der Waals surface area contributed by atoms with Crippen LogP contribution >= 0.6 is 15.9 Å². The number of hydrogen-bond donors (Lipinski definition) is 1. The molecule has 4 rings (SSSR count). The largest absolute Gasteiger partial charge is 0.353 e. The molecule has 1 N–H and O–H groups in total. The van der Waals surface area contributed by atoms with Crippen LogP contribution in [0, 0.1) is 12.7 Å². The molecule has 8 heteroatoms. The predicted octanol–water partition coefficient (Wildman–Crippen LogP) is 4.71. The molecule has 1 aliphatic rings. The van der Waals surface area contributed by atoms with Crippen LogP contribution in [0.1, 0.15) is 5.56 Å². The summed E-state index contributed by atoms with van der Waals surface area (Å²) in [6.07, 6.45) is 1.57. The molecule has 0 saturated carbocycles. The van der Waals surface area contributed by atoms with E-state index in [2.05, 4.69) is 55.2 Å². The first kappa shape index (κ1) is 20.3. The van der Waals surface area contributed by atoms with E-state index >= 15 is 0 Å². The average molecular weight is 470 g/mol. The number of nitrogens with zero attached hydrogens (tertiary/aromatic N) is 4. The van der Waals surface area contributed by atoms with E-state index in [1.165, 1.54) is 11.6 Å². The minimum Gasteiger partial charge on any atom is -0.353 e. The summed E-state index contributed by atoms with van der Waals surface area (Å²) in [5.41, 5.74) is 3.27. The highest BCUT2D eigenvalue weighted by Gasteiger charge is 2.23. The SMILES string of the molecule is Cc1cccc(-c2cc(N3CCN(C(=O)Nc4ccc(Br)cc4F)CC3)ncn2)c1. The predicted molar refractivity (Wildman–Crippen MR) is 119 cm³/mol. The normalized spacial score (nSPS) is 14.0. The number of hydrogen-bond acceptors (Lipinski definition) is 4. The Hall–Kier alpha value is -3.00. The number of carbonyl (C=O) groups is 1. The molecule has 2 heterocycles. The molecule has 154 valence electrons. The Morgan fingerprint density at radius 3 is 2.60 bits per heavy atom. The number of piperazine rings is 1. The van der Waals surface area contributed by atoms with E-state index in [0.717, 1.165) is 17.1 Å². The molecule has 30 heavy (non-hydrogen) atoms. The number of halogens is 2. The van der Waals surface area contributed by atoms with Crippen molar-refractivity contribution in [3.63, 3.8) is 0 Å². The smallest absolute Gasteiger partial charge is 0.322 e. The molecule has 2 aromatic carbocycles. The van der Waals surface area contributed by atoms with Crippen molar-refractivity contribution < 1.29 is 9.18 Å². The quantitative estimate of drug-likeness (QED) is 0.603. The number of aryl methyl sites for hydroxylation is 1. The maximum absolute atomic E-state index is 14.0. The van der Waals surface area contributed by atoms with E-state index in [-0.39, 0.29) is 11.7 Å². The summed E-state index contributed by atoms with van der Waals surface area (Å²) < 4.78 is 14.6. The van der Waals surface area contributed by atoms with Gasteiger partial charge in [-0.25, -0.2) is 19.2 Å². The van der Waals surface area contributed by atoms with Gasteiger partial charge in [-0.05, 0) is 31.2 Å². The summed E-state index contributed by atoms with van der Waals surface area (Å²) in [6.45, 7) is 4.37. The zero-order valence-corrected chi connectivity index (χ0v) is 18.1. The summed E-state index contributed by atoms with van der Waals surface area (Å²) in [5, 5.41) is 2.64. The highest BCUT2D eigenvalue weighted by Crippen LogP contribution is 2.23. The van der Waals surface area contributed by atoms with E-state index in [9.17, 15) is 9.18 Å². The molecular formula is C22H21BrFN5O. The molecular weight excluding hydrogens is 449 g/mol. The third-order valence-electron chi connectivity index (χ3n) is 5.03. The molecule has 1 aromatic heterocycles. The average Bonchev–Trinajstić information content (AvgIpc) is 2.76. The van der Waals surface area contributed by atoms with Crippen LogP contribution in [0.25, 0.3) is 11.3 Å². The topological polar surface area (TPSA) is 61.4 Å². The van der Waals surface area contributed by atoms with Gasteiger partial charge in [0, 0.05) is 42.3 Å². The first-order valence-electron chi connectivity index (χ1n) is 9.64. The van der Waals surface area contributed by atoms with Crippen molar-refractivity contribution in [3.8, 4) is 11.3 Å². The second-order valence-electron chi connectivity index (χ2n) is 7.16. The monoisotopic (exact) mass is 469 g/mol. The standard InChI is InChI=1S/C22H21BrFN5O/c1-15-3-2-4-16(11-15)20-13-21(26-14-25-20)28-7-9-29(10-8-28)22(30)27-19-6-5-17(23)12-18(19)24/h2-6,11-14H,7-10H2,1H3,(H,27,30). The molecule has 0 unspecified atom stereocenters. The Morgan fingerprint density at radius 1 is 1.07 bits per heavy atom. The highest BCUT2D eigenvalue weighted by molar-refractivity contribution is 9.10. The van der Waals surface area contributed by atoms with E-state index in [4.69, 9.17) is 0 Å². The molecule has 0 bridgehead atoms. The third-order valence-corrected chi connectivity index (χ3v) is 5.52. The van der Waals surface area contributed by atoms with Crippen molar-refractivity contribution in [2.24, 2.45) is 0 Å². The lowest BCUT2D eigenvalue weighted by Crippen LogP contribution is -2.50. The minimum absolute atomic E-state index is 0.171. The molecule has 0 spiro atoms. The van der Waals surface area contributed by atoms with Crippen LogP contribution in [0.4, 0.5) is 20.7 Å². The fraction of sp³-hybridized carbons (Fsp3) is 0.227. The van der Waals surface area contributed by atoms with Crippen molar-refractivity contribution >= 4 is 33.5 Å². The summed E-state index contributed by atoms with van der Waals surface area (Å²) in [4.78, 5) is 25.1. The van der Waals surface area contributed by atoms with Crippen LogP contribution < -0.4 is 10.2 Å². The van der Waals surface area contributed by atoms with Crippen LogP contribution in [0.3, 0.4) is 0 Å². The lowest BCUT2D eigenvalue weighted by molar-refractivity contribution is 0.208. The van der Waals surface area contributed by atoms with Crippen molar-refractivity contribution in [2.45, 2.75) is 6.92 Å². The van der Waals surface area contributed by atoms with Gasteiger partial charge in [0.1, 0.15) is 18.0 Å². The second kappa shape index (κ2) is 8.79. The van der Waals surface area contributed by atoms with Gasteiger partial charge < -0.3 is 15.1 Å². The van der Waals surface area contributed by atoms with Gasteiger partial charge in [0.25, 0.3) is 0 Å². The fourth-order valence-corrected chi connectivity index (χ4v) is 3.74. The molecule has 0 radical (unpaired) electrons. The molecule has 3 aromatic rings. The second-order valence-corrected chi connectivity index (χ2v) is 8.08. The molecule has 2 amide bonds. The van der Waals surface area contributed by atoms with Crippen LogP contribution in [-0.2, 0) is 0 Å². The maximum Gasteiger partial charge on any atom is 0.322 e. The first-order chi connectivity index (χ1) is 14.5. The van der Waals surface area contributed by atoms with Gasteiger partial charge in [-0.2, -0.15) is 0 Å². The number of benzene rings is 2. The molecule has 6 nitrogen and oxygen atoms in total. The van der Waals surface area contributed by atoms with E-state index in [0.29, 0.717) is 30.7 Å². The van der Waals surface area contributed by atoms with Crippen molar-refractivity contribution in [1.82, 2.24) is 14.9 Å². The van der Waals surface area contributed by atoms with E-state index < -0.39 is 5.82 Å². The van der Waals surface area contributed by atoms with Gasteiger partial charge in [-0.15, -0.1) is 0 Å². The van der Waals surface area contributed by atoms with Crippen molar-refractivity contribution in [1.29, 1.82) is 0 Å². The number of amides is 2. The fourth-order valence-electron chi connectivity index (χ4n) is 3.41. The van der Waals surface area contributed by atoms with Crippen LogP contribution in [0.5, 0.6) is 0 Å². The summed E-state index contributed by atoms with van der Waals surface area (Å²) in [6, 6.07) is 14.4. The number of anilines is 2. The number of aromatic nitrogens is 2. The molecule has 0 atom stereocenters. The van der Waals surface area contributed by atoms with Crippen molar-refractivity contribution in [2.75, 3.05) is 36.4 Å². The minimum atomic E-state index is -0.471. The van der Waals surface area contributed by atoms with Crippen molar-refractivity contribution in [3.05, 3.63) is 70.7 Å². The van der Waals surface area contributed by atoms with Gasteiger partial charge in [0.2, 0.25) is 0 Å². The maximum atomic E-state index is 14.0. The van der Waals surface area contributed by atoms with E-state index in [1.807, 2.05) is 18.2 Å². The Balaban J connectivity index is 1.40. The third kappa shape index (κ3) is 4.59. The summed E-state index contributed by atoms with van der Waals surface area (Å²) in [7, 11) is 0. The Morgan fingerprint density at radius 2 is 1.87 bits per heavy atom. The molecule has 1 aliphatic heterocycles. The highest BCUT2D eigenvalue weighted by atomic mass is 79.9. The van der Waals surface area contributed by atoms with Crippen LogP contribution in [0.2, 0.25) is 0 Å². The summed E-state index contributed by atoms with van der Waals surface area (Å²) in [5.74, 6) is 0.363. The van der Waals surface area contributed by atoms with Crippen LogP contribution in [0.15, 0.2) is 59.3 Å². The Labute approximate surface area is 182 Å². The van der Waals surface area contributed by atoms with Gasteiger partial charge in [0.05, 0.1) is 11.4 Å². The van der Waals surface area contributed by atoms with Gasteiger partial charge in [-0.1, -0.05) is 39.7 Å². The number of rotatable bonds is 3. The lowest BCUT2D eigenvalue weighted by atomic mass is 10.1. The van der Waals surface area contributed by atoms with Gasteiger partial charge in [-0.3, -0.25) is 0 Å². The number of carbonyl (C=O) groups excluding carboxylic acids is 1. The number of nitrogens with one attached hydrogen (secondary N) is 1. The van der Waals surface area contributed by atoms with Gasteiger partial charge >= 0.3 is 6.03 Å². The molecule has 0 aliphatic carbocycles. The first-order valence-corrected chi connectivity index (χ1v) is 10.4. The molecule has 1 saturated heterocycles. The summed E-state index contributed by atoms with van der Waals surface area (Å²) >= 11 is 3.21. The van der Waals surface area contributed by atoms with Gasteiger partial charge in [0.15, 0.2) is 0 Å². The Bertz CT molecular complexity index is 1070. The Kier molecular flexibility index (Phi) is 5.94. The zero-order valence-electron chi connectivity index (χ0n) is 16.5. The van der Waals surface area contributed by atoms with E-state index in [1.54, 1.807) is 23.4 Å². The number of urea groups is 1.